The number of aromatic nitrogens is 2. The summed E-state index contributed by atoms with van der Waals surface area (Å²) in [5.41, 5.74) is 5.67. The Morgan fingerprint density at radius 3 is 2.94 bits per heavy atom. The molecule has 1 atom stereocenters. The summed E-state index contributed by atoms with van der Waals surface area (Å²) in [6.07, 6.45) is 3.46. The number of allylic oxidation sites excluding steroid dienone is 1. The Labute approximate surface area is 96.8 Å². The molecule has 0 saturated heterocycles. The lowest BCUT2D eigenvalue weighted by Crippen LogP contribution is -2.19. The van der Waals surface area contributed by atoms with Gasteiger partial charge in [0.05, 0.1) is 6.16 Å². The van der Waals surface area contributed by atoms with Gasteiger partial charge in [-0.3, -0.25) is 9.13 Å². The van der Waals surface area contributed by atoms with E-state index in [9.17, 15) is 9.36 Å². The number of rotatable bonds is 3. The monoisotopic (exact) mass is 257 g/mol. The first-order valence-electron chi connectivity index (χ1n) is 4.95. The van der Waals surface area contributed by atoms with Crippen LogP contribution in [0.25, 0.3) is 6.20 Å². The van der Waals surface area contributed by atoms with Crippen LogP contribution in [0, 0.1) is 5.92 Å². The molecule has 1 unspecified atom stereocenters. The quantitative estimate of drug-likeness (QED) is 0.649. The molecule has 4 N–H and O–H groups in total. The van der Waals surface area contributed by atoms with Crippen molar-refractivity contribution in [3.05, 3.63) is 28.3 Å². The SMILES string of the molecule is Nc1ccn(/C=C2\CC2CP(=O)(O)O)c(=O)n1. The largest absolute Gasteiger partial charge is 0.383 e. The van der Waals surface area contributed by atoms with E-state index in [0.29, 0.717) is 6.42 Å². The summed E-state index contributed by atoms with van der Waals surface area (Å²) in [5, 5.41) is 0. The Kier molecular flexibility index (Phi) is 2.91. The van der Waals surface area contributed by atoms with Gasteiger partial charge in [-0.2, -0.15) is 4.98 Å². The molecule has 0 radical (unpaired) electrons. The van der Waals surface area contributed by atoms with Gasteiger partial charge in [0.25, 0.3) is 0 Å². The van der Waals surface area contributed by atoms with Crippen molar-refractivity contribution in [2.24, 2.45) is 5.92 Å². The zero-order valence-electron chi connectivity index (χ0n) is 8.85. The predicted molar refractivity (Wildman–Crippen MR) is 62.2 cm³/mol. The fraction of sp³-hybridized carbons (Fsp3) is 0.333. The third-order valence-electron chi connectivity index (χ3n) is 2.46. The fourth-order valence-electron chi connectivity index (χ4n) is 1.56. The summed E-state index contributed by atoms with van der Waals surface area (Å²) >= 11 is 0. The molecule has 1 fully saturated rings. The predicted octanol–water partition coefficient (Wildman–Crippen LogP) is -0.136. The lowest BCUT2D eigenvalue weighted by molar-refractivity contribution is 0.371. The number of nitrogens with two attached hydrogens (primary N) is 1. The summed E-state index contributed by atoms with van der Waals surface area (Å²) in [7, 11) is -3.98. The molecular formula is C9H12N3O4P. The zero-order chi connectivity index (χ0) is 12.6. The minimum atomic E-state index is -3.98. The van der Waals surface area contributed by atoms with E-state index in [-0.39, 0.29) is 17.9 Å². The van der Waals surface area contributed by atoms with Gasteiger partial charge in [-0.05, 0) is 24.0 Å². The lowest BCUT2D eigenvalue weighted by atomic mass is 10.4. The molecule has 1 aliphatic carbocycles. The highest BCUT2D eigenvalue weighted by Crippen LogP contribution is 2.49. The van der Waals surface area contributed by atoms with Crippen molar-refractivity contribution in [3.63, 3.8) is 0 Å². The molecule has 1 heterocycles. The summed E-state index contributed by atoms with van der Waals surface area (Å²) < 4.78 is 12.0. The molecule has 1 aromatic heterocycles. The van der Waals surface area contributed by atoms with E-state index in [1.165, 1.54) is 16.8 Å². The molecule has 1 aliphatic rings. The average Bonchev–Trinajstić information content (AvgIpc) is 2.86. The van der Waals surface area contributed by atoms with Crippen molar-refractivity contribution >= 4 is 19.6 Å². The van der Waals surface area contributed by atoms with E-state index < -0.39 is 13.3 Å². The van der Waals surface area contributed by atoms with Gasteiger partial charge >= 0.3 is 13.3 Å². The second-order valence-electron chi connectivity index (χ2n) is 3.99. The maximum absolute atomic E-state index is 11.4. The van der Waals surface area contributed by atoms with Crippen molar-refractivity contribution in [1.29, 1.82) is 0 Å². The first kappa shape index (κ1) is 12.0. The Hall–Kier alpha value is -1.43. The molecular weight excluding hydrogens is 245 g/mol. The summed E-state index contributed by atoms with van der Waals surface area (Å²) in [6, 6.07) is 1.48. The number of hydrogen-bond acceptors (Lipinski definition) is 4. The van der Waals surface area contributed by atoms with Crippen LogP contribution in [-0.2, 0) is 4.57 Å². The molecule has 92 valence electrons. The van der Waals surface area contributed by atoms with Crippen molar-refractivity contribution in [3.8, 4) is 0 Å². The molecule has 8 heteroatoms. The van der Waals surface area contributed by atoms with Gasteiger partial charge < -0.3 is 15.5 Å². The van der Waals surface area contributed by atoms with Crippen LogP contribution in [0.4, 0.5) is 5.82 Å². The molecule has 0 amide bonds. The molecule has 0 spiro atoms. The van der Waals surface area contributed by atoms with Gasteiger partial charge in [0, 0.05) is 12.4 Å². The Balaban J connectivity index is 2.13. The number of nitrogens with zero attached hydrogens (tertiary/aromatic N) is 2. The van der Waals surface area contributed by atoms with Gasteiger partial charge in [-0.1, -0.05) is 0 Å². The number of nitrogen functional groups attached to an aromatic ring is 1. The molecule has 0 bridgehead atoms. The fourth-order valence-corrected chi connectivity index (χ4v) is 2.49. The van der Waals surface area contributed by atoms with Crippen molar-refractivity contribution in [2.45, 2.75) is 6.42 Å². The minimum Gasteiger partial charge on any atom is -0.383 e. The highest BCUT2D eigenvalue weighted by Gasteiger charge is 2.35. The van der Waals surface area contributed by atoms with Crippen LogP contribution >= 0.6 is 7.60 Å². The van der Waals surface area contributed by atoms with Crippen LogP contribution < -0.4 is 11.4 Å². The van der Waals surface area contributed by atoms with Gasteiger partial charge in [0.2, 0.25) is 0 Å². The van der Waals surface area contributed by atoms with Crippen LogP contribution in [0.5, 0.6) is 0 Å². The second kappa shape index (κ2) is 4.10. The van der Waals surface area contributed by atoms with Crippen LogP contribution in [-0.4, -0.2) is 25.5 Å². The first-order valence-corrected chi connectivity index (χ1v) is 6.75. The smallest absolute Gasteiger partial charge is 0.353 e. The molecule has 7 nitrogen and oxygen atoms in total. The maximum Gasteiger partial charge on any atom is 0.353 e. The van der Waals surface area contributed by atoms with E-state index in [4.69, 9.17) is 15.5 Å². The third kappa shape index (κ3) is 3.26. The van der Waals surface area contributed by atoms with Crippen LogP contribution in [0.2, 0.25) is 0 Å². The Bertz CT molecular complexity index is 574. The molecule has 1 aromatic rings. The zero-order valence-corrected chi connectivity index (χ0v) is 9.75. The second-order valence-corrected chi connectivity index (χ2v) is 5.69. The minimum absolute atomic E-state index is 0.139. The van der Waals surface area contributed by atoms with Crippen molar-refractivity contribution < 1.29 is 14.4 Å². The molecule has 17 heavy (non-hydrogen) atoms. The van der Waals surface area contributed by atoms with E-state index in [1.807, 2.05) is 0 Å². The number of hydrogen-bond donors (Lipinski definition) is 3. The molecule has 0 aliphatic heterocycles. The van der Waals surface area contributed by atoms with E-state index in [2.05, 4.69) is 4.98 Å². The van der Waals surface area contributed by atoms with Crippen LogP contribution in [0.15, 0.2) is 22.6 Å². The molecule has 2 rings (SSSR count). The lowest BCUT2D eigenvalue weighted by Gasteiger charge is -2.00. The molecule has 0 aromatic carbocycles. The van der Waals surface area contributed by atoms with E-state index in [0.717, 1.165) is 5.57 Å². The van der Waals surface area contributed by atoms with E-state index in [1.54, 1.807) is 6.20 Å². The highest BCUT2D eigenvalue weighted by molar-refractivity contribution is 7.51. The summed E-state index contributed by atoms with van der Waals surface area (Å²) in [5.74, 6) is 0.00695. The standard InChI is InChI=1S/C9H12N3O4P/c10-8-1-2-12(9(13)11-8)4-6-3-7(6)5-17(14,15)16/h1-2,4,7H,3,5H2,(H2,10,11,13)(H2,14,15,16)/b6-4+. The maximum atomic E-state index is 11.4. The third-order valence-corrected chi connectivity index (χ3v) is 3.38. The Morgan fingerprint density at radius 1 is 1.65 bits per heavy atom. The number of anilines is 1. The summed E-state index contributed by atoms with van der Waals surface area (Å²) in [6.45, 7) is 0. The van der Waals surface area contributed by atoms with Crippen LogP contribution in [0.1, 0.15) is 6.42 Å². The topological polar surface area (TPSA) is 118 Å². The van der Waals surface area contributed by atoms with Crippen LogP contribution in [0.3, 0.4) is 0 Å². The summed E-state index contributed by atoms with van der Waals surface area (Å²) in [4.78, 5) is 32.5. The van der Waals surface area contributed by atoms with Crippen molar-refractivity contribution in [1.82, 2.24) is 9.55 Å². The first-order chi connectivity index (χ1) is 7.85. The molecule has 1 saturated carbocycles. The normalized spacial score (nSPS) is 21.8. The van der Waals surface area contributed by atoms with Gasteiger partial charge in [0.15, 0.2) is 0 Å². The Morgan fingerprint density at radius 2 is 2.35 bits per heavy atom. The van der Waals surface area contributed by atoms with Gasteiger partial charge in [-0.25, -0.2) is 4.79 Å². The van der Waals surface area contributed by atoms with E-state index >= 15 is 0 Å². The average molecular weight is 257 g/mol. The van der Waals surface area contributed by atoms with Crippen molar-refractivity contribution in [2.75, 3.05) is 11.9 Å². The highest BCUT2D eigenvalue weighted by atomic mass is 31.2. The van der Waals surface area contributed by atoms with Gasteiger partial charge in [-0.15, -0.1) is 0 Å². The van der Waals surface area contributed by atoms with Gasteiger partial charge in [0.1, 0.15) is 5.82 Å².